The molecule has 1 saturated heterocycles. The molecule has 1 fully saturated rings. The lowest BCUT2D eigenvalue weighted by molar-refractivity contribution is 0.139. The van der Waals surface area contributed by atoms with E-state index in [0.29, 0.717) is 11.5 Å². The first-order chi connectivity index (χ1) is 5.54. The van der Waals surface area contributed by atoms with Crippen molar-refractivity contribution in [1.29, 1.82) is 0 Å². The van der Waals surface area contributed by atoms with E-state index in [1.54, 1.807) is 0 Å². The highest BCUT2D eigenvalue weighted by atomic mass is 15.2. The van der Waals surface area contributed by atoms with Crippen molar-refractivity contribution in [2.75, 3.05) is 26.2 Å². The van der Waals surface area contributed by atoms with E-state index in [4.69, 9.17) is 0 Å². The molecule has 1 aliphatic heterocycles. The van der Waals surface area contributed by atoms with Crippen LogP contribution in [0.4, 0.5) is 0 Å². The molecule has 1 atom stereocenters. The summed E-state index contributed by atoms with van der Waals surface area (Å²) in [7, 11) is 0. The molecule has 1 aliphatic rings. The number of likely N-dealkylation sites (N-methyl/N-ethyl adjacent to an activating group) is 1. The maximum atomic E-state index is 3.58. The Hall–Kier alpha value is -0.0800. The topological polar surface area (TPSA) is 15.3 Å². The van der Waals surface area contributed by atoms with Crippen molar-refractivity contribution >= 4 is 0 Å². The van der Waals surface area contributed by atoms with Crippen LogP contribution in [-0.4, -0.2) is 37.1 Å². The fourth-order valence-electron chi connectivity index (χ4n) is 1.68. The first kappa shape index (κ1) is 10.0. The van der Waals surface area contributed by atoms with E-state index in [9.17, 15) is 0 Å². The highest BCUT2D eigenvalue weighted by Gasteiger charge is 2.28. The fourth-order valence-corrected chi connectivity index (χ4v) is 1.68. The Balaban J connectivity index is 2.46. The largest absolute Gasteiger partial charge is 0.311 e. The molecular weight excluding hydrogens is 148 g/mol. The molecule has 0 amide bonds. The Morgan fingerprint density at radius 2 is 2.08 bits per heavy atom. The van der Waals surface area contributed by atoms with Gasteiger partial charge in [0.05, 0.1) is 0 Å². The number of nitrogens with zero attached hydrogens (tertiary/aromatic N) is 1. The first-order valence-electron chi connectivity index (χ1n) is 4.99. The summed E-state index contributed by atoms with van der Waals surface area (Å²) < 4.78 is 0. The molecule has 0 spiro atoms. The Labute approximate surface area is 76.3 Å². The summed E-state index contributed by atoms with van der Waals surface area (Å²) in [4.78, 5) is 2.52. The minimum absolute atomic E-state index is 0.397. The van der Waals surface area contributed by atoms with Crippen LogP contribution in [0.15, 0.2) is 0 Å². The Morgan fingerprint density at radius 1 is 1.42 bits per heavy atom. The summed E-state index contributed by atoms with van der Waals surface area (Å²) in [5.74, 6) is 0. The van der Waals surface area contributed by atoms with Crippen LogP contribution in [-0.2, 0) is 0 Å². The molecule has 0 bridgehead atoms. The molecule has 1 rings (SSSR count). The second kappa shape index (κ2) is 3.75. The summed E-state index contributed by atoms with van der Waals surface area (Å²) in [5, 5.41) is 3.58. The Kier molecular flexibility index (Phi) is 3.13. The van der Waals surface area contributed by atoms with E-state index in [-0.39, 0.29) is 0 Å². The maximum Gasteiger partial charge on any atom is 0.0243 e. The average Bonchev–Trinajstić information content (AvgIpc) is 2.03. The van der Waals surface area contributed by atoms with Crippen molar-refractivity contribution < 1.29 is 0 Å². The summed E-state index contributed by atoms with van der Waals surface area (Å²) in [6.45, 7) is 13.9. The lowest BCUT2D eigenvalue weighted by atomic mass is 9.85. The molecule has 1 N–H and O–H groups in total. The zero-order valence-corrected chi connectivity index (χ0v) is 8.85. The molecule has 1 heterocycles. The molecule has 0 aromatic rings. The van der Waals surface area contributed by atoms with Crippen LogP contribution in [0.3, 0.4) is 0 Å². The lowest BCUT2D eigenvalue weighted by Crippen LogP contribution is -2.55. The summed E-state index contributed by atoms with van der Waals surface area (Å²) in [6.07, 6.45) is 0. The zero-order valence-electron chi connectivity index (χ0n) is 8.85. The smallest absolute Gasteiger partial charge is 0.0243 e. The Morgan fingerprint density at radius 3 is 2.58 bits per heavy atom. The predicted octanol–water partition coefficient (Wildman–Crippen LogP) is 1.33. The van der Waals surface area contributed by atoms with E-state index in [1.165, 1.54) is 19.6 Å². The van der Waals surface area contributed by atoms with Crippen LogP contribution < -0.4 is 5.32 Å². The van der Waals surface area contributed by atoms with Crippen molar-refractivity contribution in [1.82, 2.24) is 10.2 Å². The first-order valence-corrected chi connectivity index (χ1v) is 4.99. The summed E-state index contributed by atoms with van der Waals surface area (Å²) >= 11 is 0. The molecule has 0 radical (unpaired) electrons. The van der Waals surface area contributed by atoms with Crippen molar-refractivity contribution in [3.8, 4) is 0 Å². The van der Waals surface area contributed by atoms with Crippen LogP contribution in [0.1, 0.15) is 27.7 Å². The highest BCUT2D eigenvalue weighted by molar-refractivity contribution is 4.86. The molecule has 12 heavy (non-hydrogen) atoms. The number of hydrogen-bond donors (Lipinski definition) is 1. The van der Waals surface area contributed by atoms with Crippen LogP contribution >= 0.6 is 0 Å². The van der Waals surface area contributed by atoms with Gasteiger partial charge < -0.3 is 10.2 Å². The van der Waals surface area contributed by atoms with Gasteiger partial charge >= 0.3 is 0 Å². The van der Waals surface area contributed by atoms with Gasteiger partial charge in [0.15, 0.2) is 0 Å². The van der Waals surface area contributed by atoms with Crippen molar-refractivity contribution in [3.63, 3.8) is 0 Å². The van der Waals surface area contributed by atoms with Crippen molar-refractivity contribution in [2.24, 2.45) is 5.41 Å². The van der Waals surface area contributed by atoms with Gasteiger partial charge in [-0.1, -0.05) is 27.7 Å². The molecule has 0 aromatic heterocycles. The van der Waals surface area contributed by atoms with E-state index in [1.807, 2.05) is 0 Å². The van der Waals surface area contributed by atoms with Crippen LogP contribution in [0.25, 0.3) is 0 Å². The minimum Gasteiger partial charge on any atom is -0.311 e. The average molecular weight is 170 g/mol. The van der Waals surface area contributed by atoms with Gasteiger partial charge in [0.1, 0.15) is 0 Å². The third-order valence-corrected chi connectivity index (χ3v) is 2.75. The van der Waals surface area contributed by atoms with Crippen molar-refractivity contribution in [3.05, 3.63) is 0 Å². The van der Waals surface area contributed by atoms with Gasteiger partial charge in [0.25, 0.3) is 0 Å². The van der Waals surface area contributed by atoms with Crippen molar-refractivity contribution in [2.45, 2.75) is 33.7 Å². The number of nitrogens with one attached hydrogen (secondary N) is 1. The molecular formula is C10H22N2. The van der Waals surface area contributed by atoms with E-state index >= 15 is 0 Å². The molecule has 0 aromatic carbocycles. The minimum atomic E-state index is 0.397. The standard InChI is InChI=1S/C10H22N2/c1-5-12-7-6-11-9(8-12)10(2,3)4/h9,11H,5-8H2,1-4H3/t9-/m1/s1. The molecule has 0 saturated carbocycles. The molecule has 2 nitrogen and oxygen atoms in total. The van der Waals surface area contributed by atoms with Crippen LogP contribution in [0, 0.1) is 5.41 Å². The van der Waals surface area contributed by atoms with Gasteiger partial charge in [-0.15, -0.1) is 0 Å². The Bertz CT molecular complexity index is 137. The van der Waals surface area contributed by atoms with Gasteiger partial charge in [0.2, 0.25) is 0 Å². The van der Waals surface area contributed by atoms with Crippen LogP contribution in [0.2, 0.25) is 0 Å². The quantitative estimate of drug-likeness (QED) is 0.638. The zero-order chi connectivity index (χ0) is 9.19. The van der Waals surface area contributed by atoms with Gasteiger partial charge in [-0.3, -0.25) is 0 Å². The van der Waals surface area contributed by atoms with Gasteiger partial charge in [-0.2, -0.15) is 0 Å². The van der Waals surface area contributed by atoms with E-state index in [0.717, 1.165) is 6.54 Å². The second-order valence-corrected chi connectivity index (χ2v) is 4.77. The number of hydrogen-bond acceptors (Lipinski definition) is 2. The van der Waals surface area contributed by atoms with Crippen LogP contribution in [0.5, 0.6) is 0 Å². The summed E-state index contributed by atoms with van der Waals surface area (Å²) in [5.41, 5.74) is 0.397. The molecule has 0 unspecified atom stereocenters. The maximum absolute atomic E-state index is 3.58. The van der Waals surface area contributed by atoms with Gasteiger partial charge in [0, 0.05) is 25.7 Å². The molecule has 72 valence electrons. The fraction of sp³-hybridized carbons (Fsp3) is 1.00. The summed E-state index contributed by atoms with van der Waals surface area (Å²) in [6, 6.07) is 0.659. The second-order valence-electron chi connectivity index (χ2n) is 4.77. The predicted molar refractivity (Wildman–Crippen MR) is 53.4 cm³/mol. The van der Waals surface area contributed by atoms with Gasteiger partial charge in [-0.05, 0) is 12.0 Å². The highest BCUT2D eigenvalue weighted by Crippen LogP contribution is 2.21. The monoisotopic (exact) mass is 170 g/mol. The lowest BCUT2D eigenvalue weighted by Gasteiger charge is -2.40. The molecule has 0 aliphatic carbocycles. The van der Waals surface area contributed by atoms with E-state index in [2.05, 4.69) is 37.9 Å². The number of rotatable bonds is 1. The SMILES string of the molecule is CCN1CCN[C@@H](C(C)(C)C)C1. The normalized spacial score (nSPS) is 27.5. The third kappa shape index (κ3) is 2.46. The molecule has 2 heteroatoms. The van der Waals surface area contributed by atoms with E-state index < -0.39 is 0 Å². The van der Waals surface area contributed by atoms with Gasteiger partial charge in [-0.25, -0.2) is 0 Å². The third-order valence-electron chi connectivity index (χ3n) is 2.75. The number of piperazine rings is 1.